The third-order valence-electron chi connectivity index (χ3n) is 4.43. The summed E-state index contributed by atoms with van der Waals surface area (Å²) in [4.78, 5) is 28.3. The van der Waals surface area contributed by atoms with E-state index in [1.807, 2.05) is 42.2 Å². The van der Waals surface area contributed by atoms with Gasteiger partial charge in [0, 0.05) is 32.7 Å². The van der Waals surface area contributed by atoms with Crippen LogP contribution in [0.15, 0.2) is 35.5 Å². The Morgan fingerprint density at radius 2 is 1.89 bits per heavy atom. The van der Waals surface area contributed by atoms with E-state index in [9.17, 15) is 9.59 Å². The van der Waals surface area contributed by atoms with Crippen LogP contribution in [0.4, 0.5) is 0 Å². The van der Waals surface area contributed by atoms with E-state index in [1.54, 1.807) is 4.68 Å². The first kappa shape index (κ1) is 20.3. The van der Waals surface area contributed by atoms with Crippen LogP contribution in [-0.2, 0) is 9.59 Å². The minimum Gasteiger partial charge on any atom is -0.355 e. The van der Waals surface area contributed by atoms with Crippen LogP contribution in [0.5, 0.6) is 0 Å². The third kappa shape index (κ3) is 5.52. The fourth-order valence-corrected chi connectivity index (χ4v) is 3.69. The van der Waals surface area contributed by atoms with Gasteiger partial charge in [-0.25, -0.2) is 0 Å². The second kappa shape index (κ2) is 10.2. The lowest BCUT2D eigenvalue weighted by molar-refractivity contribution is -0.130. The number of nitrogens with zero attached hydrogens (tertiary/aromatic N) is 6. The van der Waals surface area contributed by atoms with E-state index in [1.165, 1.54) is 11.8 Å². The predicted octanol–water partition coefficient (Wildman–Crippen LogP) is 0.425. The van der Waals surface area contributed by atoms with Crippen molar-refractivity contribution in [3.63, 3.8) is 0 Å². The number of rotatable bonds is 8. The summed E-state index contributed by atoms with van der Waals surface area (Å²) >= 11 is 1.33. The Morgan fingerprint density at radius 3 is 2.61 bits per heavy atom. The molecular weight excluding hydrogens is 378 g/mol. The smallest absolute Gasteiger partial charge is 0.234 e. The molecule has 3 rings (SSSR count). The minimum atomic E-state index is 0.0462. The standard InChI is InChI=1S/C18H25N7O2S/c1-2-8-19-16(26)13-23-9-11-24(12-10-23)17(27)14-28-18-20-21-22-25(18)15-6-4-3-5-7-15/h3-7H,2,8-14H2,1H3,(H,19,26). The highest BCUT2D eigenvalue weighted by atomic mass is 32.2. The monoisotopic (exact) mass is 403 g/mol. The van der Waals surface area contributed by atoms with Gasteiger partial charge in [-0.1, -0.05) is 36.9 Å². The van der Waals surface area contributed by atoms with E-state index >= 15 is 0 Å². The number of amides is 2. The molecule has 0 aliphatic carbocycles. The second-order valence-electron chi connectivity index (χ2n) is 6.50. The lowest BCUT2D eigenvalue weighted by atomic mass is 10.3. The Balaban J connectivity index is 1.45. The molecule has 2 aromatic rings. The van der Waals surface area contributed by atoms with Gasteiger partial charge in [0.1, 0.15) is 0 Å². The lowest BCUT2D eigenvalue weighted by Crippen LogP contribution is -2.51. The van der Waals surface area contributed by atoms with Gasteiger partial charge in [0.2, 0.25) is 17.0 Å². The number of hydrogen-bond acceptors (Lipinski definition) is 7. The topological polar surface area (TPSA) is 96.2 Å². The van der Waals surface area contributed by atoms with Crippen molar-refractivity contribution in [2.45, 2.75) is 18.5 Å². The van der Waals surface area contributed by atoms with E-state index in [2.05, 4.69) is 25.7 Å². The molecule has 150 valence electrons. The van der Waals surface area contributed by atoms with Gasteiger partial charge in [-0.2, -0.15) is 4.68 Å². The van der Waals surface area contributed by atoms with Crippen molar-refractivity contribution in [3.8, 4) is 5.69 Å². The molecule has 1 aromatic heterocycles. The normalized spacial score (nSPS) is 14.8. The molecule has 0 atom stereocenters. The van der Waals surface area contributed by atoms with Crippen molar-refractivity contribution in [3.05, 3.63) is 30.3 Å². The number of benzene rings is 1. The van der Waals surface area contributed by atoms with Crippen LogP contribution >= 0.6 is 11.8 Å². The largest absolute Gasteiger partial charge is 0.355 e. The SMILES string of the molecule is CCCNC(=O)CN1CCN(C(=O)CSc2nnnn2-c2ccccc2)CC1. The molecule has 0 saturated carbocycles. The molecule has 1 N–H and O–H groups in total. The number of aromatic nitrogens is 4. The third-order valence-corrected chi connectivity index (χ3v) is 5.33. The molecule has 1 fully saturated rings. The molecule has 0 spiro atoms. The highest BCUT2D eigenvalue weighted by molar-refractivity contribution is 7.99. The van der Waals surface area contributed by atoms with Crippen LogP contribution < -0.4 is 5.32 Å². The Hall–Kier alpha value is -2.46. The number of thioether (sulfide) groups is 1. The Labute approximate surface area is 168 Å². The molecular formula is C18H25N7O2S. The fourth-order valence-electron chi connectivity index (χ4n) is 2.90. The van der Waals surface area contributed by atoms with Crippen molar-refractivity contribution < 1.29 is 9.59 Å². The van der Waals surface area contributed by atoms with Gasteiger partial charge >= 0.3 is 0 Å². The zero-order chi connectivity index (χ0) is 19.8. The summed E-state index contributed by atoms with van der Waals surface area (Å²) in [6.07, 6.45) is 0.930. The Kier molecular flexibility index (Phi) is 7.38. The average molecular weight is 404 g/mol. The quantitative estimate of drug-likeness (QED) is 0.638. The highest BCUT2D eigenvalue weighted by Gasteiger charge is 2.23. The van der Waals surface area contributed by atoms with E-state index in [0.29, 0.717) is 44.4 Å². The molecule has 0 bridgehead atoms. The number of hydrogen-bond donors (Lipinski definition) is 1. The molecule has 1 aliphatic heterocycles. The summed E-state index contributed by atoms with van der Waals surface area (Å²) < 4.78 is 1.63. The molecule has 0 unspecified atom stereocenters. The van der Waals surface area contributed by atoms with E-state index in [0.717, 1.165) is 12.1 Å². The summed E-state index contributed by atoms with van der Waals surface area (Å²) in [5.41, 5.74) is 0.859. The average Bonchev–Trinajstić information content (AvgIpc) is 3.20. The Bertz CT molecular complexity index is 775. The zero-order valence-electron chi connectivity index (χ0n) is 16.0. The van der Waals surface area contributed by atoms with Gasteiger partial charge in [0.25, 0.3) is 0 Å². The first-order valence-electron chi connectivity index (χ1n) is 9.41. The van der Waals surface area contributed by atoms with Crippen LogP contribution in [0.3, 0.4) is 0 Å². The van der Waals surface area contributed by atoms with Gasteiger partial charge in [-0.15, -0.1) is 5.10 Å². The molecule has 1 aliphatic rings. The van der Waals surface area contributed by atoms with Gasteiger partial charge < -0.3 is 10.2 Å². The summed E-state index contributed by atoms with van der Waals surface area (Å²) in [5.74, 6) is 0.386. The maximum absolute atomic E-state index is 12.5. The van der Waals surface area contributed by atoms with Crippen molar-refractivity contribution >= 4 is 23.6 Å². The summed E-state index contributed by atoms with van der Waals surface area (Å²) in [5, 5.41) is 15.2. The summed E-state index contributed by atoms with van der Waals surface area (Å²) in [6, 6.07) is 9.59. The molecule has 1 saturated heterocycles. The molecule has 0 radical (unpaired) electrons. The second-order valence-corrected chi connectivity index (χ2v) is 7.45. The van der Waals surface area contributed by atoms with Crippen LogP contribution in [0, 0.1) is 0 Å². The number of carbonyl (C=O) groups is 2. The van der Waals surface area contributed by atoms with Gasteiger partial charge in [-0.05, 0) is 29.0 Å². The van der Waals surface area contributed by atoms with Crippen LogP contribution in [-0.4, -0.2) is 86.8 Å². The zero-order valence-corrected chi connectivity index (χ0v) is 16.8. The van der Waals surface area contributed by atoms with Gasteiger partial charge in [0.05, 0.1) is 18.0 Å². The maximum Gasteiger partial charge on any atom is 0.234 e. The van der Waals surface area contributed by atoms with Crippen molar-refractivity contribution in [2.75, 3.05) is 45.0 Å². The number of para-hydroxylation sites is 1. The van der Waals surface area contributed by atoms with E-state index < -0.39 is 0 Å². The van der Waals surface area contributed by atoms with Crippen LogP contribution in [0.1, 0.15) is 13.3 Å². The fraction of sp³-hybridized carbons (Fsp3) is 0.500. The van der Waals surface area contributed by atoms with E-state index in [-0.39, 0.29) is 17.6 Å². The van der Waals surface area contributed by atoms with Crippen molar-refractivity contribution in [1.82, 2.24) is 35.3 Å². The molecule has 2 amide bonds. The maximum atomic E-state index is 12.5. The first-order valence-corrected chi connectivity index (χ1v) is 10.4. The molecule has 1 aromatic carbocycles. The predicted molar refractivity (Wildman–Crippen MR) is 106 cm³/mol. The molecule has 2 heterocycles. The molecule has 10 heteroatoms. The Morgan fingerprint density at radius 1 is 1.14 bits per heavy atom. The van der Waals surface area contributed by atoms with Crippen LogP contribution in [0.2, 0.25) is 0 Å². The number of nitrogens with one attached hydrogen (secondary N) is 1. The molecule has 9 nitrogen and oxygen atoms in total. The van der Waals surface area contributed by atoms with Crippen LogP contribution in [0.25, 0.3) is 5.69 Å². The van der Waals surface area contributed by atoms with Gasteiger partial charge in [-0.3, -0.25) is 14.5 Å². The summed E-state index contributed by atoms with van der Waals surface area (Å²) in [6.45, 7) is 5.80. The van der Waals surface area contributed by atoms with Gasteiger partial charge in [0.15, 0.2) is 0 Å². The number of piperazine rings is 1. The molecule has 28 heavy (non-hydrogen) atoms. The van der Waals surface area contributed by atoms with E-state index in [4.69, 9.17) is 0 Å². The number of carbonyl (C=O) groups excluding carboxylic acids is 2. The first-order chi connectivity index (χ1) is 13.7. The van der Waals surface area contributed by atoms with Crippen molar-refractivity contribution in [2.24, 2.45) is 0 Å². The number of tetrazole rings is 1. The highest BCUT2D eigenvalue weighted by Crippen LogP contribution is 2.18. The summed E-state index contributed by atoms with van der Waals surface area (Å²) in [7, 11) is 0. The van der Waals surface area contributed by atoms with Crippen molar-refractivity contribution in [1.29, 1.82) is 0 Å². The minimum absolute atomic E-state index is 0.0462. The lowest BCUT2D eigenvalue weighted by Gasteiger charge is -2.34.